The molecule has 4 nitrogen and oxygen atoms in total. The summed E-state index contributed by atoms with van der Waals surface area (Å²) >= 11 is 0. The van der Waals surface area contributed by atoms with Gasteiger partial charge in [0.15, 0.2) is 0 Å². The number of rotatable bonds is 3. The maximum absolute atomic E-state index is 12.7. The van der Waals surface area contributed by atoms with Crippen LogP contribution in [0.2, 0.25) is 0 Å². The molecule has 0 saturated heterocycles. The van der Waals surface area contributed by atoms with E-state index in [2.05, 4.69) is 0 Å². The minimum absolute atomic E-state index is 0.0352. The van der Waals surface area contributed by atoms with Crippen molar-refractivity contribution in [2.75, 3.05) is 0 Å². The number of halogens is 3. The molecular formula is C16H9F3N2O2. The van der Waals surface area contributed by atoms with Crippen molar-refractivity contribution in [2.45, 2.75) is 6.18 Å². The first kappa shape index (κ1) is 16.2. The Kier molecular flexibility index (Phi) is 4.46. The van der Waals surface area contributed by atoms with Gasteiger partial charge in [0.25, 0.3) is 5.69 Å². The molecule has 0 fully saturated rings. The fourth-order valence-corrected chi connectivity index (χ4v) is 1.94. The lowest BCUT2D eigenvalue weighted by Gasteiger charge is -2.07. The third-order valence-electron chi connectivity index (χ3n) is 3.01. The van der Waals surface area contributed by atoms with Crippen molar-refractivity contribution in [3.8, 4) is 6.07 Å². The molecule has 0 saturated carbocycles. The van der Waals surface area contributed by atoms with E-state index in [-0.39, 0.29) is 22.4 Å². The summed E-state index contributed by atoms with van der Waals surface area (Å²) in [6.07, 6.45) is -3.23. The first-order valence-corrected chi connectivity index (χ1v) is 6.35. The average Bonchev–Trinajstić information content (AvgIpc) is 2.52. The van der Waals surface area contributed by atoms with E-state index in [4.69, 9.17) is 0 Å². The second-order valence-corrected chi connectivity index (χ2v) is 4.60. The third-order valence-corrected chi connectivity index (χ3v) is 3.01. The van der Waals surface area contributed by atoms with Crippen LogP contribution in [-0.2, 0) is 6.18 Å². The van der Waals surface area contributed by atoms with Crippen LogP contribution in [0.15, 0.2) is 48.5 Å². The summed E-state index contributed by atoms with van der Waals surface area (Å²) in [6, 6.07) is 11.7. The molecule has 0 aliphatic carbocycles. The van der Waals surface area contributed by atoms with Crippen LogP contribution < -0.4 is 0 Å². The molecule has 0 atom stereocenters. The zero-order valence-electron chi connectivity index (χ0n) is 11.5. The number of benzene rings is 2. The van der Waals surface area contributed by atoms with Gasteiger partial charge in [-0.05, 0) is 29.3 Å². The molecule has 0 aliphatic heterocycles. The Morgan fingerprint density at radius 2 is 1.87 bits per heavy atom. The summed E-state index contributed by atoms with van der Waals surface area (Å²) in [7, 11) is 0. The lowest BCUT2D eigenvalue weighted by Crippen LogP contribution is -2.04. The molecule has 0 aliphatic rings. The van der Waals surface area contributed by atoms with Crippen LogP contribution in [0.5, 0.6) is 0 Å². The molecule has 0 unspecified atom stereocenters. The van der Waals surface area contributed by atoms with Gasteiger partial charge in [0.2, 0.25) is 0 Å². The highest BCUT2D eigenvalue weighted by Crippen LogP contribution is 2.30. The molecule has 23 heavy (non-hydrogen) atoms. The van der Waals surface area contributed by atoms with E-state index in [1.807, 2.05) is 6.07 Å². The number of allylic oxidation sites excluding steroid dienone is 1. The van der Waals surface area contributed by atoms with Crippen LogP contribution in [0.25, 0.3) is 11.6 Å². The minimum Gasteiger partial charge on any atom is -0.258 e. The van der Waals surface area contributed by atoms with E-state index in [9.17, 15) is 28.5 Å². The molecule has 0 amide bonds. The first-order valence-electron chi connectivity index (χ1n) is 6.35. The van der Waals surface area contributed by atoms with Crippen LogP contribution in [0, 0.1) is 21.4 Å². The second kappa shape index (κ2) is 6.32. The van der Waals surface area contributed by atoms with Gasteiger partial charge in [0.05, 0.1) is 22.1 Å². The summed E-state index contributed by atoms with van der Waals surface area (Å²) in [4.78, 5) is 10.1. The molecule has 2 aromatic rings. The molecule has 0 heterocycles. The number of nitro benzene ring substituents is 1. The molecule has 2 rings (SSSR count). The predicted molar refractivity (Wildman–Crippen MR) is 78.0 cm³/mol. The molecular weight excluding hydrogens is 309 g/mol. The highest BCUT2D eigenvalue weighted by atomic mass is 19.4. The van der Waals surface area contributed by atoms with Gasteiger partial charge in [-0.3, -0.25) is 10.1 Å². The first-order chi connectivity index (χ1) is 10.8. The molecule has 0 aromatic heterocycles. The van der Waals surface area contributed by atoms with Gasteiger partial charge >= 0.3 is 6.18 Å². The number of hydrogen-bond donors (Lipinski definition) is 0. The van der Waals surface area contributed by atoms with E-state index in [0.29, 0.717) is 0 Å². The van der Waals surface area contributed by atoms with Crippen molar-refractivity contribution < 1.29 is 18.1 Å². The Bertz CT molecular complexity index is 821. The molecule has 2 aromatic carbocycles. The second-order valence-electron chi connectivity index (χ2n) is 4.60. The molecule has 0 radical (unpaired) electrons. The molecule has 0 bridgehead atoms. The van der Waals surface area contributed by atoms with E-state index < -0.39 is 16.7 Å². The van der Waals surface area contributed by atoms with Crippen LogP contribution >= 0.6 is 0 Å². The van der Waals surface area contributed by atoms with E-state index in [1.54, 1.807) is 0 Å². The summed E-state index contributed by atoms with van der Waals surface area (Å²) in [5.74, 6) is 0. The van der Waals surface area contributed by atoms with Gasteiger partial charge in [0, 0.05) is 12.1 Å². The zero-order valence-corrected chi connectivity index (χ0v) is 11.5. The van der Waals surface area contributed by atoms with Crippen LogP contribution in [-0.4, -0.2) is 4.92 Å². The van der Waals surface area contributed by atoms with Crippen molar-refractivity contribution in [1.82, 2.24) is 0 Å². The predicted octanol–water partition coefficient (Wildman–Crippen LogP) is 4.68. The number of non-ortho nitro benzene ring substituents is 1. The van der Waals surface area contributed by atoms with Gasteiger partial charge in [0.1, 0.15) is 0 Å². The highest BCUT2D eigenvalue weighted by Gasteiger charge is 2.30. The Hall–Kier alpha value is -3.14. The maximum atomic E-state index is 12.7. The largest absolute Gasteiger partial charge is 0.416 e. The van der Waals surface area contributed by atoms with Crippen molar-refractivity contribution >= 4 is 17.3 Å². The third kappa shape index (κ3) is 3.95. The SMILES string of the molecule is N#CC(=Cc1cccc(C(F)(F)F)c1)c1cccc([N+](=O)[O-])c1. The van der Waals surface area contributed by atoms with Crippen molar-refractivity contribution in [1.29, 1.82) is 5.26 Å². The number of alkyl halides is 3. The van der Waals surface area contributed by atoms with Crippen LogP contribution in [0.3, 0.4) is 0 Å². The fourth-order valence-electron chi connectivity index (χ4n) is 1.94. The lowest BCUT2D eigenvalue weighted by molar-refractivity contribution is -0.384. The average molecular weight is 318 g/mol. The van der Waals surface area contributed by atoms with Crippen molar-refractivity contribution in [2.24, 2.45) is 0 Å². The van der Waals surface area contributed by atoms with E-state index in [0.717, 1.165) is 12.1 Å². The molecule has 116 valence electrons. The van der Waals surface area contributed by atoms with E-state index in [1.165, 1.54) is 42.5 Å². The van der Waals surface area contributed by atoms with Crippen molar-refractivity contribution in [3.63, 3.8) is 0 Å². The summed E-state index contributed by atoms with van der Waals surface area (Å²) in [5.41, 5.74) is -0.551. The van der Waals surface area contributed by atoms with Gasteiger partial charge in [-0.2, -0.15) is 18.4 Å². The minimum atomic E-state index is -4.48. The Morgan fingerprint density at radius 1 is 1.17 bits per heavy atom. The quantitative estimate of drug-likeness (QED) is 0.357. The smallest absolute Gasteiger partial charge is 0.258 e. The number of nitro groups is 1. The zero-order chi connectivity index (χ0) is 17.0. The molecule has 0 N–H and O–H groups in total. The maximum Gasteiger partial charge on any atom is 0.416 e. The molecule has 0 spiro atoms. The standard InChI is InChI=1S/C16H9F3N2O2/c17-16(18,19)14-5-1-3-11(8-14)7-13(10-20)12-4-2-6-15(9-12)21(22)23/h1-9H. The van der Waals surface area contributed by atoms with Crippen molar-refractivity contribution in [3.05, 3.63) is 75.3 Å². The summed E-state index contributed by atoms with van der Waals surface area (Å²) < 4.78 is 38.1. The topological polar surface area (TPSA) is 66.9 Å². The number of hydrogen-bond acceptors (Lipinski definition) is 3. The lowest BCUT2D eigenvalue weighted by atomic mass is 10.0. The highest BCUT2D eigenvalue weighted by molar-refractivity contribution is 5.90. The fraction of sp³-hybridized carbons (Fsp3) is 0.0625. The molecule has 7 heteroatoms. The Balaban J connectivity index is 2.46. The normalized spacial score (nSPS) is 11.8. The monoisotopic (exact) mass is 318 g/mol. The van der Waals surface area contributed by atoms with Gasteiger partial charge < -0.3 is 0 Å². The Labute approximate surface area is 129 Å². The number of nitriles is 1. The summed E-state index contributed by atoms with van der Waals surface area (Å²) in [5, 5.41) is 19.9. The van der Waals surface area contributed by atoms with Crippen LogP contribution in [0.4, 0.5) is 18.9 Å². The van der Waals surface area contributed by atoms with E-state index >= 15 is 0 Å². The Morgan fingerprint density at radius 3 is 2.48 bits per heavy atom. The van der Waals surface area contributed by atoms with Gasteiger partial charge in [-0.25, -0.2) is 0 Å². The summed E-state index contributed by atoms with van der Waals surface area (Å²) in [6.45, 7) is 0. The van der Waals surface area contributed by atoms with Gasteiger partial charge in [-0.15, -0.1) is 0 Å². The van der Waals surface area contributed by atoms with Gasteiger partial charge in [-0.1, -0.05) is 24.3 Å². The number of nitrogens with zero attached hydrogens (tertiary/aromatic N) is 2. The van der Waals surface area contributed by atoms with Crippen LogP contribution in [0.1, 0.15) is 16.7 Å².